The largest absolute Gasteiger partial charge is 0.495 e. The maximum atomic E-state index is 12.4. The highest BCUT2D eigenvalue weighted by atomic mass is 16.5. The molecule has 1 amide bonds. The van der Waals surface area contributed by atoms with Gasteiger partial charge in [-0.15, -0.1) is 0 Å². The number of amides is 1. The topological polar surface area (TPSA) is 63.2 Å². The van der Waals surface area contributed by atoms with E-state index in [1.165, 1.54) is 5.56 Å². The second kappa shape index (κ2) is 8.85. The van der Waals surface area contributed by atoms with Gasteiger partial charge in [0.1, 0.15) is 5.75 Å². The number of hydrogen-bond donors (Lipinski definition) is 2. The summed E-state index contributed by atoms with van der Waals surface area (Å²) in [6.07, 6.45) is 4.04. The van der Waals surface area contributed by atoms with Gasteiger partial charge >= 0.3 is 0 Å². The van der Waals surface area contributed by atoms with Crippen LogP contribution >= 0.6 is 0 Å². The van der Waals surface area contributed by atoms with Crippen LogP contribution in [0.4, 0.5) is 11.4 Å². The predicted octanol–water partition coefficient (Wildman–Crippen LogP) is 4.11. The first kappa shape index (κ1) is 18.5. The van der Waals surface area contributed by atoms with Gasteiger partial charge in [0.25, 0.3) is 5.91 Å². The Labute approximate surface area is 159 Å². The molecule has 0 saturated carbocycles. The smallest absolute Gasteiger partial charge is 0.252 e. The summed E-state index contributed by atoms with van der Waals surface area (Å²) >= 11 is 0. The van der Waals surface area contributed by atoms with Crippen LogP contribution in [0.15, 0.2) is 67.0 Å². The lowest BCUT2D eigenvalue weighted by atomic mass is 10.1. The number of benzene rings is 2. The molecule has 0 radical (unpaired) electrons. The third kappa shape index (κ3) is 5.07. The molecule has 0 aliphatic carbocycles. The zero-order valence-electron chi connectivity index (χ0n) is 15.5. The molecule has 0 fully saturated rings. The number of ether oxygens (including phenoxy) is 1. The molecule has 27 heavy (non-hydrogen) atoms. The van der Waals surface area contributed by atoms with Crippen LogP contribution in [0.5, 0.6) is 5.75 Å². The number of aryl methyl sites for hydroxylation is 1. The first-order valence-corrected chi connectivity index (χ1v) is 8.84. The van der Waals surface area contributed by atoms with Gasteiger partial charge in [0.15, 0.2) is 0 Å². The molecular weight excluding hydrogens is 338 g/mol. The van der Waals surface area contributed by atoms with Crippen LogP contribution in [0, 0.1) is 6.92 Å². The number of hydrogen-bond acceptors (Lipinski definition) is 4. The SMILES string of the molecule is COc1ccc(C)cc1Nc1cncc(C(=O)NCCc2ccccc2)c1. The van der Waals surface area contributed by atoms with E-state index in [4.69, 9.17) is 4.74 Å². The lowest BCUT2D eigenvalue weighted by molar-refractivity contribution is 0.0954. The number of nitrogens with one attached hydrogen (secondary N) is 2. The number of aromatic nitrogens is 1. The molecule has 0 unspecified atom stereocenters. The monoisotopic (exact) mass is 361 g/mol. The molecule has 0 spiro atoms. The van der Waals surface area contributed by atoms with Crippen molar-refractivity contribution in [3.8, 4) is 5.75 Å². The zero-order valence-corrected chi connectivity index (χ0v) is 15.5. The molecule has 5 heteroatoms. The fourth-order valence-corrected chi connectivity index (χ4v) is 2.77. The van der Waals surface area contributed by atoms with Crippen LogP contribution in [0.25, 0.3) is 0 Å². The van der Waals surface area contributed by atoms with Gasteiger partial charge in [0.05, 0.1) is 30.2 Å². The predicted molar refractivity (Wildman–Crippen MR) is 108 cm³/mol. The maximum absolute atomic E-state index is 12.4. The number of carbonyl (C=O) groups is 1. The quantitative estimate of drug-likeness (QED) is 0.665. The maximum Gasteiger partial charge on any atom is 0.252 e. The molecule has 2 N–H and O–H groups in total. The number of pyridine rings is 1. The summed E-state index contributed by atoms with van der Waals surface area (Å²) in [6, 6.07) is 17.7. The van der Waals surface area contributed by atoms with Crippen molar-refractivity contribution in [2.45, 2.75) is 13.3 Å². The fourth-order valence-electron chi connectivity index (χ4n) is 2.77. The number of nitrogens with zero attached hydrogens (tertiary/aromatic N) is 1. The Kier molecular flexibility index (Phi) is 6.05. The lowest BCUT2D eigenvalue weighted by Crippen LogP contribution is -2.25. The van der Waals surface area contributed by atoms with E-state index in [9.17, 15) is 4.79 Å². The second-order valence-electron chi connectivity index (χ2n) is 6.28. The van der Waals surface area contributed by atoms with Crippen molar-refractivity contribution in [3.63, 3.8) is 0 Å². The summed E-state index contributed by atoms with van der Waals surface area (Å²) in [7, 11) is 1.63. The summed E-state index contributed by atoms with van der Waals surface area (Å²) in [5, 5.41) is 6.21. The van der Waals surface area contributed by atoms with Crippen molar-refractivity contribution in [2.24, 2.45) is 0 Å². The Hall–Kier alpha value is -3.34. The third-order valence-corrected chi connectivity index (χ3v) is 4.18. The minimum atomic E-state index is -0.140. The highest BCUT2D eigenvalue weighted by Gasteiger charge is 2.09. The summed E-state index contributed by atoms with van der Waals surface area (Å²) < 4.78 is 5.38. The van der Waals surface area contributed by atoms with Crippen molar-refractivity contribution in [1.82, 2.24) is 10.3 Å². The van der Waals surface area contributed by atoms with Gasteiger partial charge in [-0.3, -0.25) is 9.78 Å². The molecule has 1 aromatic heterocycles. The number of methoxy groups -OCH3 is 1. The van der Waals surface area contributed by atoms with Crippen LogP contribution in [-0.4, -0.2) is 24.5 Å². The van der Waals surface area contributed by atoms with Crippen molar-refractivity contribution in [3.05, 3.63) is 83.7 Å². The van der Waals surface area contributed by atoms with E-state index in [0.29, 0.717) is 12.1 Å². The zero-order chi connectivity index (χ0) is 19.1. The van der Waals surface area contributed by atoms with E-state index in [1.54, 1.807) is 25.6 Å². The molecule has 0 atom stereocenters. The summed E-state index contributed by atoms with van der Waals surface area (Å²) in [4.78, 5) is 16.6. The average Bonchev–Trinajstić information content (AvgIpc) is 2.69. The first-order chi connectivity index (χ1) is 13.2. The molecule has 3 rings (SSSR count). The minimum Gasteiger partial charge on any atom is -0.495 e. The second-order valence-corrected chi connectivity index (χ2v) is 6.28. The number of rotatable bonds is 7. The van der Waals surface area contributed by atoms with Gasteiger partial charge in [0, 0.05) is 12.7 Å². The number of carbonyl (C=O) groups excluding carboxylic acids is 1. The van der Waals surface area contributed by atoms with Crippen LogP contribution in [0.2, 0.25) is 0 Å². The van der Waals surface area contributed by atoms with E-state index in [-0.39, 0.29) is 5.91 Å². The molecule has 0 bridgehead atoms. The van der Waals surface area contributed by atoms with Gasteiger partial charge in [0.2, 0.25) is 0 Å². The van der Waals surface area contributed by atoms with E-state index < -0.39 is 0 Å². The van der Waals surface area contributed by atoms with Gasteiger partial charge in [-0.1, -0.05) is 36.4 Å². The molecule has 1 heterocycles. The average molecular weight is 361 g/mol. The molecular formula is C22H23N3O2. The van der Waals surface area contributed by atoms with Crippen LogP contribution < -0.4 is 15.4 Å². The van der Waals surface area contributed by atoms with E-state index in [0.717, 1.165) is 29.1 Å². The normalized spacial score (nSPS) is 10.3. The summed E-state index contributed by atoms with van der Waals surface area (Å²) in [5.41, 5.74) is 4.38. The minimum absolute atomic E-state index is 0.140. The van der Waals surface area contributed by atoms with Crippen molar-refractivity contribution in [2.75, 3.05) is 19.0 Å². The lowest BCUT2D eigenvalue weighted by Gasteiger charge is -2.12. The van der Waals surface area contributed by atoms with Crippen molar-refractivity contribution < 1.29 is 9.53 Å². The highest BCUT2D eigenvalue weighted by Crippen LogP contribution is 2.28. The Morgan fingerprint density at radius 3 is 2.67 bits per heavy atom. The molecule has 0 aliphatic heterocycles. The van der Waals surface area contributed by atoms with Crippen molar-refractivity contribution in [1.29, 1.82) is 0 Å². The Morgan fingerprint density at radius 2 is 1.89 bits per heavy atom. The fraction of sp³-hybridized carbons (Fsp3) is 0.182. The summed E-state index contributed by atoms with van der Waals surface area (Å²) in [5.74, 6) is 0.594. The van der Waals surface area contributed by atoms with Gasteiger partial charge in [-0.05, 0) is 42.7 Å². The Balaban J connectivity index is 1.64. The molecule has 0 aliphatic rings. The molecule has 5 nitrogen and oxygen atoms in total. The third-order valence-electron chi connectivity index (χ3n) is 4.18. The van der Waals surface area contributed by atoms with Gasteiger partial charge in [-0.2, -0.15) is 0 Å². The Bertz CT molecular complexity index is 910. The molecule has 0 saturated heterocycles. The van der Waals surface area contributed by atoms with E-state index >= 15 is 0 Å². The highest BCUT2D eigenvalue weighted by molar-refractivity contribution is 5.94. The van der Waals surface area contributed by atoms with Gasteiger partial charge in [-0.25, -0.2) is 0 Å². The first-order valence-electron chi connectivity index (χ1n) is 8.84. The van der Waals surface area contributed by atoms with Gasteiger partial charge < -0.3 is 15.4 Å². The molecule has 138 valence electrons. The van der Waals surface area contributed by atoms with Crippen LogP contribution in [-0.2, 0) is 6.42 Å². The standard InChI is InChI=1S/C22H23N3O2/c1-16-8-9-21(27-2)20(12-16)25-19-13-18(14-23-15-19)22(26)24-11-10-17-6-4-3-5-7-17/h3-9,12-15,25H,10-11H2,1-2H3,(H,24,26). The molecule has 2 aromatic carbocycles. The van der Waals surface area contributed by atoms with E-state index in [2.05, 4.69) is 15.6 Å². The van der Waals surface area contributed by atoms with Crippen LogP contribution in [0.1, 0.15) is 21.5 Å². The summed E-state index contributed by atoms with van der Waals surface area (Å²) in [6.45, 7) is 2.59. The van der Waals surface area contributed by atoms with Crippen LogP contribution in [0.3, 0.4) is 0 Å². The number of anilines is 2. The molecule has 3 aromatic rings. The van der Waals surface area contributed by atoms with E-state index in [1.807, 2.05) is 55.5 Å². The van der Waals surface area contributed by atoms with Crippen molar-refractivity contribution >= 4 is 17.3 Å². The Morgan fingerprint density at radius 1 is 1.07 bits per heavy atom.